The van der Waals surface area contributed by atoms with Gasteiger partial charge in [0.2, 0.25) is 5.91 Å². The fraction of sp³-hybridized carbons (Fsp3) is 0.318. The van der Waals surface area contributed by atoms with Gasteiger partial charge in [-0.05, 0) is 29.5 Å². The molecule has 4 rings (SSSR count). The van der Waals surface area contributed by atoms with Gasteiger partial charge in [0.15, 0.2) is 11.5 Å². The van der Waals surface area contributed by atoms with Crippen molar-refractivity contribution in [2.45, 2.75) is 13.3 Å². The monoisotopic (exact) mass is 424 g/mol. The van der Waals surface area contributed by atoms with Gasteiger partial charge in [0.05, 0.1) is 11.4 Å². The van der Waals surface area contributed by atoms with Crippen LogP contribution in [-0.2, 0) is 11.2 Å². The molecule has 30 heavy (non-hydrogen) atoms. The predicted octanol–water partition coefficient (Wildman–Crippen LogP) is 3.36. The van der Waals surface area contributed by atoms with Crippen LogP contribution in [0.15, 0.2) is 52.4 Å². The first-order valence-electron chi connectivity index (χ1n) is 10.0. The highest BCUT2D eigenvalue weighted by Crippen LogP contribution is 2.25. The van der Waals surface area contributed by atoms with Gasteiger partial charge in [0, 0.05) is 37.9 Å². The fourth-order valence-corrected chi connectivity index (χ4v) is 4.20. The summed E-state index contributed by atoms with van der Waals surface area (Å²) >= 11 is 1.54. The van der Waals surface area contributed by atoms with E-state index in [4.69, 9.17) is 4.52 Å². The Morgan fingerprint density at radius 2 is 1.93 bits per heavy atom. The lowest BCUT2D eigenvalue weighted by Gasteiger charge is -2.33. The molecule has 2 amide bonds. The van der Waals surface area contributed by atoms with Crippen LogP contribution in [0.3, 0.4) is 0 Å². The van der Waals surface area contributed by atoms with Gasteiger partial charge in [-0.25, -0.2) is 0 Å². The molecule has 0 unspecified atom stereocenters. The quantitative estimate of drug-likeness (QED) is 0.656. The Kier molecular flexibility index (Phi) is 6.25. The van der Waals surface area contributed by atoms with Crippen LogP contribution in [0.25, 0.3) is 10.6 Å². The standard InChI is InChI=1S/C22H24N4O3S/c1-2-16-6-3-4-7-17(16)23-21(27)15-25-9-11-26(12-10-25)22(28)18-14-19(29-24-18)20-8-5-13-30-20/h3-8,13-14H,2,9-12,15H2,1H3,(H,23,27). The largest absolute Gasteiger partial charge is 0.355 e. The molecule has 2 aromatic heterocycles. The van der Waals surface area contributed by atoms with Crippen molar-refractivity contribution in [2.24, 2.45) is 0 Å². The molecule has 0 spiro atoms. The summed E-state index contributed by atoms with van der Waals surface area (Å²) in [7, 11) is 0. The lowest BCUT2D eigenvalue weighted by Crippen LogP contribution is -2.50. The van der Waals surface area contributed by atoms with Gasteiger partial charge in [-0.3, -0.25) is 14.5 Å². The highest BCUT2D eigenvalue weighted by atomic mass is 32.1. The van der Waals surface area contributed by atoms with E-state index in [-0.39, 0.29) is 11.8 Å². The molecule has 3 aromatic rings. The molecular weight excluding hydrogens is 400 g/mol. The highest BCUT2D eigenvalue weighted by molar-refractivity contribution is 7.13. The minimum Gasteiger partial charge on any atom is -0.355 e. The summed E-state index contributed by atoms with van der Waals surface area (Å²) in [4.78, 5) is 29.9. The average molecular weight is 425 g/mol. The van der Waals surface area contributed by atoms with E-state index in [1.165, 1.54) is 0 Å². The van der Waals surface area contributed by atoms with Crippen molar-refractivity contribution < 1.29 is 14.1 Å². The van der Waals surface area contributed by atoms with Crippen molar-refractivity contribution in [3.8, 4) is 10.6 Å². The summed E-state index contributed by atoms with van der Waals surface area (Å²) in [5, 5.41) is 8.90. The minimum atomic E-state index is -0.137. The van der Waals surface area contributed by atoms with Crippen LogP contribution in [0, 0.1) is 0 Å². The number of para-hydroxylation sites is 1. The molecule has 1 aliphatic heterocycles. The maximum Gasteiger partial charge on any atom is 0.276 e. The molecule has 0 aliphatic carbocycles. The Morgan fingerprint density at radius 1 is 1.13 bits per heavy atom. The zero-order valence-corrected chi connectivity index (χ0v) is 17.7. The number of aryl methyl sites for hydroxylation is 1. The van der Waals surface area contributed by atoms with E-state index < -0.39 is 0 Å². The number of carbonyl (C=O) groups is 2. The number of nitrogens with zero attached hydrogens (tertiary/aromatic N) is 3. The number of carbonyl (C=O) groups excluding carboxylic acids is 2. The highest BCUT2D eigenvalue weighted by Gasteiger charge is 2.25. The van der Waals surface area contributed by atoms with Gasteiger partial charge in [0.25, 0.3) is 5.91 Å². The van der Waals surface area contributed by atoms with Crippen molar-refractivity contribution in [2.75, 3.05) is 38.0 Å². The molecule has 0 bridgehead atoms. The number of amides is 2. The first-order chi connectivity index (χ1) is 14.6. The topological polar surface area (TPSA) is 78.7 Å². The van der Waals surface area contributed by atoms with Crippen molar-refractivity contribution in [3.05, 3.63) is 59.1 Å². The van der Waals surface area contributed by atoms with Crippen LogP contribution in [0.4, 0.5) is 5.69 Å². The molecule has 1 N–H and O–H groups in total. The van der Waals surface area contributed by atoms with E-state index in [2.05, 4.69) is 22.3 Å². The van der Waals surface area contributed by atoms with Crippen LogP contribution in [0.2, 0.25) is 0 Å². The van der Waals surface area contributed by atoms with Gasteiger partial charge in [-0.1, -0.05) is 36.3 Å². The van der Waals surface area contributed by atoms with Crippen LogP contribution in [0.5, 0.6) is 0 Å². The molecule has 0 radical (unpaired) electrons. The van der Waals surface area contributed by atoms with Gasteiger partial charge >= 0.3 is 0 Å². The van der Waals surface area contributed by atoms with Crippen LogP contribution >= 0.6 is 11.3 Å². The first-order valence-corrected chi connectivity index (χ1v) is 10.9. The molecule has 0 saturated carbocycles. The van der Waals surface area contributed by atoms with Gasteiger partial charge in [0.1, 0.15) is 0 Å². The lowest BCUT2D eigenvalue weighted by atomic mass is 10.1. The van der Waals surface area contributed by atoms with Crippen LogP contribution < -0.4 is 5.32 Å². The normalized spacial score (nSPS) is 14.6. The van der Waals surface area contributed by atoms with Gasteiger partial charge < -0.3 is 14.7 Å². The molecule has 156 valence electrons. The molecule has 1 aliphatic rings. The number of hydrogen-bond acceptors (Lipinski definition) is 6. The van der Waals surface area contributed by atoms with Crippen molar-refractivity contribution >= 4 is 28.8 Å². The van der Waals surface area contributed by atoms with Crippen molar-refractivity contribution in [1.82, 2.24) is 15.0 Å². The maximum atomic E-state index is 12.7. The third kappa shape index (κ3) is 4.60. The summed E-state index contributed by atoms with van der Waals surface area (Å²) in [6.07, 6.45) is 0.869. The molecule has 7 nitrogen and oxygen atoms in total. The van der Waals surface area contributed by atoms with Crippen LogP contribution in [-0.4, -0.2) is 59.5 Å². The molecule has 1 saturated heterocycles. The van der Waals surface area contributed by atoms with Crippen molar-refractivity contribution in [1.29, 1.82) is 0 Å². The summed E-state index contributed by atoms with van der Waals surface area (Å²) in [5.41, 5.74) is 2.31. The second-order valence-electron chi connectivity index (χ2n) is 7.18. The average Bonchev–Trinajstić information content (AvgIpc) is 3.46. The third-order valence-corrected chi connectivity index (χ3v) is 6.08. The lowest BCUT2D eigenvalue weighted by molar-refractivity contribution is -0.117. The van der Waals surface area contributed by atoms with E-state index in [0.29, 0.717) is 44.2 Å². The zero-order valence-electron chi connectivity index (χ0n) is 16.8. The number of hydrogen-bond donors (Lipinski definition) is 1. The first kappa shape index (κ1) is 20.3. The number of benzene rings is 1. The minimum absolute atomic E-state index is 0.0345. The van der Waals surface area contributed by atoms with Gasteiger partial charge in [-0.15, -0.1) is 11.3 Å². The predicted molar refractivity (Wildman–Crippen MR) is 117 cm³/mol. The molecule has 8 heteroatoms. The summed E-state index contributed by atoms with van der Waals surface area (Å²) in [5.74, 6) is 0.436. The molecular formula is C22H24N4O3S. The number of thiophene rings is 1. The smallest absolute Gasteiger partial charge is 0.276 e. The van der Waals surface area contributed by atoms with Crippen molar-refractivity contribution in [3.63, 3.8) is 0 Å². The van der Waals surface area contributed by atoms with E-state index in [0.717, 1.165) is 22.5 Å². The summed E-state index contributed by atoms with van der Waals surface area (Å²) < 4.78 is 5.32. The Bertz CT molecular complexity index is 1010. The van der Waals surface area contributed by atoms with E-state index >= 15 is 0 Å². The number of nitrogens with one attached hydrogen (secondary N) is 1. The van der Waals surface area contributed by atoms with E-state index in [1.54, 1.807) is 22.3 Å². The fourth-order valence-electron chi connectivity index (χ4n) is 3.53. The molecule has 1 aromatic carbocycles. The Balaban J connectivity index is 1.28. The third-order valence-electron chi connectivity index (χ3n) is 5.19. The van der Waals surface area contributed by atoms with Crippen LogP contribution in [0.1, 0.15) is 23.0 Å². The summed E-state index contributed by atoms with van der Waals surface area (Å²) in [6, 6.07) is 13.4. The second-order valence-corrected chi connectivity index (χ2v) is 8.13. The number of piperazine rings is 1. The summed E-state index contributed by atoms with van der Waals surface area (Å²) in [6.45, 7) is 4.78. The number of rotatable bonds is 6. The Labute approximate surface area is 179 Å². The Morgan fingerprint density at radius 3 is 2.67 bits per heavy atom. The SMILES string of the molecule is CCc1ccccc1NC(=O)CN1CCN(C(=O)c2cc(-c3cccs3)on2)CC1. The number of anilines is 1. The number of aromatic nitrogens is 1. The maximum absolute atomic E-state index is 12.7. The molecule has 1 fully saturated rings. The van der Waals surface area contributed by atoms with Gasteiger partial charge in [-0.2, -0.15) is 0 Å². The Hall–Kier alpha value is -2.97. The zero-order chi connectivity index (χ0) is 20.9. The molecule has 0 atom stereocenters. The van der Waals surface area contributed by atoms with E-state index in [1.807, 2.05) is 41.8 Å². The van der Waals surface area contributed by atoms with E-state index in [9.17, 15) is 9.59 Å². The molecule has 3 heterocycles. The second kappa shape index (κ2) is 9.23.